The SMILES string of the molecule is CC(CNc1ccc([N+](=O)[O-])cc1Cl)c1nc2ccccc2n1C(F)F. The molecule has 1 atom stereocenters. The first-order valence-electron chi connectivity index (χ1n) is 7.81. The van der Waals surface area contributed by atoms with Crippen molar-refractivity contribution in [3.8, 4) is 0 Å². The Labute approximate surface area is 152 Å². The molecule has 1 aromatic heterocycles. The van der Waals surface area contributed by atoms with Gasteiger partial charge in [-0.15, -0.1) is 0 Å². The zero-order valence-electron chi connectivity index (χ0n) is 13.7. The molecule has 3 aromatic rings. The van der Waals surface area contributed by atoms with Gasteiger partial charge in [0, 0.05) is 24.6 Å². The van der Waals surface area contributed by atoms with Crippen molar-refractivity contribution in [3.63, 3.8) is 0 Å². The molecule has 0 aliphatic rings. The van der Waals surface area contributed by atoms with Crippen LogP contribution in [0.25, 0.3) is 11.0 Å². The fraction of sp³-hybridized carbons (Fsp3) is 0.235. The minimum absolute atomic E-state index is 0.118. The lowest BCUT2D eigenvalue weighted by Crippen LogP contribution is -2.15. The third kappa shape index (κ3) is 3.45. The van der Waals surface area contributed by atoms with Crippen molar-refractivity contribution in [1.82, 2.24) is 9.55 Å². The summed E-state index contributed by atoms with van der Waals surface area (Å²) in [7, 11) is 0. The number of hydrogen-bond donors (Lipinski definition) is 1. The predicted octanol–water partition coefficient (Wildman–Crippen LogP) is 5.21. The highest BCUT2D eigenvalue weighted by molar-refractivity contribution is 6.33. The van der Waals surface area contributed by atoms with E-state index in [4.69, 9.17) is 11.6 Å². The maximum atomic E-state index is 13.5. The number of fused-ring (bicyclic) bond motifs is 1. The summed E-state index contributed by atoms with van der Waals surface area (Å²) in [6.45, 7) is -0.650. The van der Waals surface area contributed by atoms with Gasteiger partial charge < -0.3 is 5.32 Å². The highest BCUT2D eigenvalue weighted by Gasteiger charge is 2.22. The molecule has 0 saturated heterocycles. The summed E-state index contributed by atoms with van der Waals surface area (Å²) in [5, 5.41) is 14.0. The first kappa shape index (κ1) is 18.1. The van der Waals surface area contributed by atoms with Crippen molar-refractivity contribution >= 4 is 34.0 Å². The number of nitrogens with one attached hydrogen (secondary N) is 1. The molecule has 26 heavy (non-hydrogen) atoms. The Morgan fingerprint density at radius 2 is 2.04 bits per heavy atom. The lowest BCUT2D eigenvalue weighted by Gasteiger charge is -2.16. The van der Waals surface area contributed by atoms with Gasteiger partial charge in [0.05, 0.1) is 26.7 Å². The van der Waals surface area contributed by atoms with Crippen molar-refractivity contribution < 1.29 is 13.7 Å². The van der Waals surface area contributed by atoms with Gasteiger partial charge >= 0.3 is 6.55 Å². The smallest absolute Gasteiger partial charge is 0.320 e. The normalized spacial score (nSPS) is 12.5. The minimum Gasteiger partial charge on any atom is -0.383 e. The Hall–Kier alpha value is -2.74. The van der Waals surface area contributed by atoms with E-state index in [1.54, 1.807) is 31.2 Å². The van der Waals surface area contributed by atoms with E-state index in [0.717, 1.165) is 4.57 Å². The Kier molecular flexibility index (Phi) is 5.03. The zero-order chi connectivity index (χ0) is 18.8. The van der Waals surface area contributed by atoms with Gasteiger partial charge in [0.15, 0.2) is 0 Å². The third-order valence-corrected chi connectivity index (χ3v) is 4.33. The number of non-ortho nitro benzene ring substituents is 1. The fourth-order valence-electron chi connectivity index (χ4n) is 2.73. The molecular formula is C17H15ClF2N4O2. The van der Waals surface area contributed by atoms with Crippen molar-refractivity contribution in [1.29, 1.82) is 0 Å². The van der Waals surface area contributed by atoms with Crippen LogP contribution >= 0.6 is 11.6 Å². The van der Waals surface area contributed by atoms with E-state index in [1.807, 2.05) is 0 Å². The van der Waals surface area contributed by atoms with E-state index >= 15 is 0 Å². The van der Waals surface area contributed by atoms with Gasteiger partial charge in [-0.1, -0.05) is 30.7 Å². The highest BCUT2D eigenvalue weighted by atomic mass is 35.5. The number of aromatic nitrogens is 2. The van der Waals surface area contributed by atoms with Crippen LogP contribution in [0.15, 0.2) is 42.5 Å². The van der Waals surface area contributed by atoms with E-state index in [0.29, 0.717) is 16.7 Å². The van der Waals surface area contributed by atoms with Gasteiger partial charge in [0.2, 0.25) is 0 Å². The molecule has 0 aliphatic heterocycles. The standard InChI is InChI=1S/C17H15ClF2N4O2/c1-10(9-21-13-7-6-11(24(25)26)8-12(13)18)16-22-14-4-2-3-5-15(14)23(16)17(19)20/h2-8,10,17,21H,9H2,1H3. The topological polar surface area (TPSA) is 73.0 Å². The number of hydrogen-bond acceptors (Lipinski definition) is 4. The molecule has 136 valence electrons. The van der Waals surface area contributed by atoms with Gasteiger partial charge in [0.1, 0.15) is 5.82 Å². The van der Waals surface area contributed by atoms with E-state index in [2.05, 4.69) is 10.3 Å². The molecule has 0 amide bonds. The number of benzene rings is 2. The van der Waals surface area contributed by atoms with Crippen LogP contribution < -0.4 is 5.32 Å². The Morgan fingerprint density at radius 3 is 2.69 bits per heavy atom. The number of nitrogens with zero attached hydrogens (tertiary/aromatic N) is 3. The lowest BCUT2D eigenvalue weighted by atomic mass is 10.1. The molecule has 0 saturated carbocycles. The second-order valence-corrected chi connectivity index (χ2v) is 6.22. The Bertz CT molecular complexity index is 961. The van der Waals surface area contributed by atoms with Crippen molar-refractivity contribution in [2.24, 2.45) is 0 Å². The molecule has 1 heterocycles. The molecule has 0 aliphatic carbocycles. The third-order valence-electron chi connectivity index (χ3n) is 4.02. The molecular weight excluding hydrogens is 366 g/mol. The van der Waals surface area contributed by atoms with Gasteiger partial charge in [-0.05, 0) is 18.2 Å². The van der Waals surface area contributed by atoms with E-state index in [1.165, 1.54) is 18.2 Å². The summed E-state index contributed by atoms with van der Waals surface area (Å²) in [4.78, 5) is 14.5. The van der Waals surface area contributed by atoms with Crippen LogP contribution in [0.2, 0.25) is 5.02 Å². The molecule has 2 aromatic carbocycles. The molecule has 0 radical (unpaired) electrons. The molecule has 9 heteroatoms. The summed E-state index contributed by atoms with van der Waals surface area (Å²) in [6.07, 6.45) is 0. The van der Waals surface area contributed by atoms with Crippen LogP contribution in [0, 0.1) is 10.1 Å². The van der Waals surface area contributed by atoms with E-state index in [9.17, 15) is 18.9 Å². The monoisotopic (exact) mass is 380 g/mol. The van der Waals surface area contributed by atoms with E-state index < -0.39 is 11.5 Å². The first-order chi connectivity index (χ1) is 12.4. The largest absolute Gasteiger partial charge is 0.383 e. The summed E-state index contributed by atoms with van der Waals surface area (Å²) < 4.78 is 27.9. The quantitative estimate of drug-likeness (QED) is 0.470. The average molecular weight is 381 g/mol. The highest BCUT2D eigenvalue weighted by Crippen LogP contribution is 2.30. The number of alkyl halides is 2. The van der Waals surface area contributed by atoms with Crippen molar-refractivity contribution in [2.75, 3.05) is 11.9 Å². The van der Waals surface area contributed by atoms with Crippen LogP contribution in [-0.4, -0.2) is 21.0 Å². The predicted molar refractivity (Wildman–Crippen MR) is 96.0 cm³/mol. The minimum atomic E-state index is -2.71. The summed E-state index contributed by atoms with van der Waals surface area (Å²) in [6, 6.07) is 10.8. The number of anilines is 1. The summed E-state index contributed by atoms with van der Waals surface area (Å²) >= 11 is 6.04. The Balaban J connectivity index is 1.83. The number of para-hydroxylation sites is 2. The van der Waals surface area contributed by atoms with Gasteiger partial charge in [-0.25, -0.2) is 4.98 Å². The Morgan fingerprint density at radius 1 is 1.31 bits per heavy atom. The second kappa shape index (κ2) is 7.25. The number of halogens is 3. The van der Waals surface area contributed by atoms with Gasteiger partial charge in [-0.2, -0.15) is 8.78 Å². The van der Waals surface area contributed by atoms with Crippen molar-refractivity contribution in [3.05, 3.63) is 63.4 Å². The maximum absolute atomic E-state index is 13.5. The number of imidazole rings is 1. The molecule has 0 spiro atoms. The molecule has 0 fully saturated rings. The van der Waals surface area contributed by atoms with E-state index in [-0.39, 0.29) is 29.0 Å². The summed E-state index contributed by atoms with van der Waals surface area (Å²) in [5.41, 5.74) is 1.25. The maximum Gasteiger partial charge on any atom is 0.320 e. The molecule has 1 N–H and O–H groups in total. The van der Waals surface area contributed by atoms with Crippen LogP contribution in [0.5, 0.6) is 0 Å². The van der Waals surface area contributed by atoms with Crippen LogP contribution in [-0.2, 0) is 0 Å². The zero-order valence-corrected chi connectivity index (χ0v) is 14.5. The van der Waals surface area contributed by atoms with Crippen molar-refractivity contribution in [2.45, 2.75) is 19.4 Å². The molecule has 1 unspecified atom stereocenters. The molecule has 6 nitrogen and oxygen atoms in total. The number of rotatable bonds is 6. The summed E-state index contributed by atoms with van der Waals surface area (Å²) in [5.74, 6) is -0.0885. The lowest BCUT2D eigenvalue weighted by molar-refractivity contribution is -0.384. The second-order valence-electron chi connectivity index (χ2n) is 5.81. The number of nitro benzene ring substituents is 1. The molecule has 0 bridgehead atoms. The van der Waals surface area contributed by atoms with Gasteiger partial charge in [-0.3, -0.25) is 14.7 Å². The van der Waals surface area contributed by atoms with Crippen LogP contribution in [0.3, 0.4) is 0 Å². The first-order valence-corrected chi connectivity index (χ1v) is 8.19. The molecule has 3 rings (SSSR count). The van der Waals surface area contributed by atoms with Crippen LogP contribution in [0.1, 0.15) is 25.2 Å². The average Bonchev–Trinajstić information content (AvgIpc) is 3.00. The fourth-order valence-corrected chi connectivity index (χ4v) is 2.97. The van der Waals surface area contributed by atoms with Gasteiger partial charge in [0.25, 0.3) is 5.69 Å². The number of nitro groups is 1. The van der Waals surface area contributed by atoms with Crippen LogP contribution in [0.4, 0.5) is 20.2 Å².